The molecule has 0 radical (unpaired) electrons. The van der Waals surface area contributed by atoms with E-state index in [0.29, 0.717) is 6.42 Å². The number of allylic oxidation sites excluding steroid dienone is 17. The minimum Gasteiger partial charge on any atom is -0.394 e. The second-order valence-corrected chi connectivity index (χ2v) is 24.3. The quantitative estimate of drug-likeness (QED) is 0.0261. The molecular formula is C76H133NO8. The molecule has 85 heavy (non-hydrogen) atoms. The van der Waals surface area contributed by atoms with Gasteiger partial charge < -0.3 is 40.3 Å². The lowest BCUT2D eigenvalue weighted by Gasteiger charge is -2.40. The minimum atomic E-state index is -1.58. The topological polar surface area (TPSA) is 149 Å². The number of aliphatic hydroxyl groups is 5. The van der Waals surface area contributed by atoms with Gasteiger partial charge in [0, 0.05) is 6.42 Å². The summed E-state index contributed by atoms with van der Waals surface area (Å²) in [6, 6.07) is -0.835. The first kappa shape index (κ1) is 79.9. The summed E-state index contributed by atoms with van der Waals surface area (Å²) in [5, 5.41) is 54.8. The standard InChI is InChI=1S/C76H133NO8/c1-3-5-7-9-11-13-15-17-19-21-23-25-27-29-31-33-35-37-39-41-43-45-47-49-51-53-55-57-59-61-63-65-70(79)69(68-84-76-75(83)74(82)73(81)71(67-78)85-76)77-72(80)66-64-62-60-58-56-54-52-50-48-46-44-42-40-38-36-34-32-30-28-26-24-22-20-18-16-14-12-10-8-6-4-2/h6,8,12,14,18,20,24,26,30,32,36,38,42,44,55,57,63,65,69-71,73-76,78-79,81-83H,3-5,7,9-11,13,15-17,19,21-23,25,27-29,31,33-35,37,39-41,43,45-54,56,58-62,64,66-68H2,1-2H3,(H,77,80)/b8-6-,14-12-,20-18-,26-24-,32-30-,38-36-,44-42-,57-55+,65-63+. The number of unbranched alkanes of at least 4 members (excludes halogenated alkanes) is 35. The Morgan fingerprint density at radius 1 is 0.412 bits per heavy atom. The van der Waals surface area contributed by atoms with Crippen molar-refractivity contribution in [1.82, 2.24) is 5.32 Å². The van der Waals surface area contributed by atoms with E-state index in [0.717, 1.165) is 96.3 Å². The Bertz CT molecular complexity index is 1710. The van der Waals surface area contributed by atoms with Gasteiger partial charge in [-0.1, -0.05) is 322 Å². The van der Waals surface area contributed by atoms with E-state index in [2.05, 4.69) is 116 Å². The highest BCUT2D eigenvalue weighted by molar-refractivity contribution is 5.76. The Hall–Kier alpha value is -3.15. The van der Waals surface area contributed by atoms with Gasteiger partial charge in [0.25, 0.3) is 0 Å². The molecule has 0 spiro atoms. The van der Waals surface area contributed by atoms with Crippen molar-refractivity contribution < 1.29 is 39.8 Å². The summed E-state index contributed by atoms with van der Waals surface area (Å²) in [5.74, 6) is -0.194. The summed E-state index contributed by atoms with van der Waals surface area (Å²) < 4.78 is 11.3. The number of carbonyl (C=O) groups is 1. The maximum Gasteiger partial charge on any atom is 0.220 e. The summed E-state index contributed by atoms with van der Waals surface area (Å²) in [5.41, 5.74) is 0. The third-order valence-electron chi connectivity index (χ3n) is 16.3. The monoisotopic (exact) mass is 1190 g/mol. The smallest absolute Gasteiger partial charge is 0.220 e. The van der Waals surface area contributed by atoms with E-state index in [4.69, 9.17) is 9.47 Å². The van der Waals surface area contributed by atoms with E-state index in [1.807, 2.05) is 6.08 Å². The summed E-state index contributed by atoms with van der Waals surface area (Å²) in [7, 11) is 0. The fraction of sp³-hybridized carbons (Fsp3) is 0.750. The second-order valence-electron chi connectivity index (χ2n) is 24.3. The molecule has 1 fully saturated rings. The molecule has 0 aromatic heterocycles. The average molecular weight is 1190 g/mol. The Morgan fingerprint density at radius 2 is 0.741 bits per heavy atom. The number of ether oxygens (including phenoxy) is 2. The molecule has 7 atom stereocenters. The molecule has 0 aliphatic carbocycles. The molecule has 0 aromatic carbocycles. The number of hydrogen-bond acceptors (Lipinski definition) is 8. The largest absolute Gasteiger partial charge is 0.394 e. The van der Waals surface area contributed by atoms with Crippen LogP contribution in [0.4, 0.5) is 0 Å². The average Bonchev–Trinajstić information content (AvgIpc) is 3.54. The lowest BCUT2D eigenvalue weighted by Crippen LogP contribution is -2.60. The first-order valence-electron chi connectivity index (χ1n) is 35.6. The molecule has 1 aliphatic heterocycles. The van der Waals surface area contributed by atoms with Gasteiger partial charge >= 0.3 is 0 Å². The zero-order valence-electron chi connectivity index (χ0n) is 54.8. The summed E-state index contributed by atoms with van der Waals surface area (Å²) >= 11 is 0. The molecular weight excluding hydrogens is 1050 g/mol. The van der Waals surface area contributed by atoms with E-state index in [-0.39, 0.29) is 12.5 Å². The van der Waals surface area contributed by atoms with Crippen molar-refractivity contribution in [3.63, 3.8) is 0 Å². The Labute approximate surface area is 523 Å². The first-order valence-corrected chi connectivity index (χ1v) is 35.6. The summed E-state index contributed by atoms with van der Waals surface area (Å²) in [4.78, 5) is 13.1. The second kappa shape index (κ2) is 63.9. The molecule has 0 saturated carbocycles. The van der Waals surface area contributed by atoms with Gasteiger partial charge in [-0.25, -0.2) is 0 Å². The van der Waals surface area contributed by atoms with E-state index >= 15 is 0 Å². The SMILES string of the molecule is CC/C=C\C/C=C\C/C=C\C/C=C\C/C=C\C/C=C\C/C=C\CCCCCCCCCCCC(=O)NC(COC1OC(CO)C(O)C(O)C1O)C(O)/C=C/CC/C=C/CCCCCCCCCCCCCCCCCCCCCCCCCCC. The summed E-state index contributed by atoms with van der Waals surface area (Å²) in [6.07, 6.45) is 87.7. The lowest BCUT2D eigenvalue weighted by atomic mass is 9.99. The highest BCUT2D eigenvalue weighted by atomic mass is 16.7. The van der Waals surface area contributed by atoms with Crippen LogP contribution in [0.25, 0.3) is 0 Å². The normalized spacial score (nSPS) is 18.8. The fourth-order valence-corrected chi connectivity index (χ4v) is 10.8. The first-order chi connectivity index (χ1) is 41.8. The molecule has 490 valence electrons. The fourth-order valence-electron chi connectivity index (χ4n) is 10.8. The molecule has 0 bridgehead atoms. The van der Waals surface area contributed by atoms with Gasteiger partial charge in [0.2, 0.25) is 5.91 Å². The molecule has 1 rings (SSSR count). The van der Waals surface area contributed by atoms with Gasteiger partial charge in [0.15, 0.2) is 6.29 Å². The van der Waals surface area contributed by atoms with E-state index in [1.165, 1.54) is 193 Å². The van der Waals surface area contributed by atoms with Crippen molar-refractivity contribution in [2.24, 2.45) is 0 Å². The van der Waals surface area contributed by atoms with Crippen LogP contribution in [0.2, 0.25) is 0 Å². The Balaban J connectivity index is 2.17. The number of carbonyl (C=O) groups excluding carboxylic acids is 1. The number of aliphatic hydroxyl groups excluding tert-OH is 5. The van der Waals surface area contributed by atoms with Crippen LogP contribution in [0.1, 0.15) is 309 Å². The van der Waals surface area contributed by atoms with E-state index in [1.54, 1.807) is 6.08 Å². The zero-order chi connectivity index (χ0) is 61.4. The Morgan fingerprint density at radius 3 is 1.13 bits per heavy atom. The zero-order valence-corrected chi connectivity index (χ0v) is 54.8. The molecule has 1 saturated heterocycles. The lowest BCUT2D eigenvalue weighted by molar-refractivity contribution is -0.302. The van der Waals surface area contributed by atoms with Crippen LogP contribution in [-0.2, 0) is 14.3 Å². The van der Waals surface area contributed by atoms with Gasteiger partial charge in [0.1, 0.15) is 24.4 Å². The third-order valence-corrected chi connectivity index (χ3v) is 16.3. The number of hydrogen-bond donors (Lipinski definition) is 6. The third kappa shape index (κ3) is 52.5. The van der Waals surface area contributed by atoms with E-state index < -0.39 is 49.5 Å². The van der Waals surface area contributed by atoms with Crippen molar-refractivity contribution >= 4 is 5.91 Å². The van der Waals surface area contributed by atoms with Crippen LogP contribution in [-0.4, -0.2) is 87.5 Å². The number of amides is 1. The molecule has 6 N–H and O–H groups in total. The van der Waals surface area contributed by atoms with Gasteiger partial charge in [-0.05, 0) is 89.9 Å². The molecule has 0 aromatic rings. The number of nitrogens with one attached hydrogen (secondary N) is 1. The highest BCUT2D eigenvalue weighted by Gasteiger charge is 2.44. The van der Waals surface area contributed by atoms with Crippen molar-refractivity contribution in [3.05, 3.63) is 109 Å². The van der Waals surface area contributed by atoms with Gasteiger partial charge in [0.05, 0.1) is 25.4 Å². The molecule has 1 amide bonds. The predicted octanol–water partition coefficient (Wildman–Crippen LogP) is 19.6. The van der Waals surface area contributed by atoms with Crippen molar-refractivity contribution in [2.45, 2.75) is 352 Å². The van der Waals surface area contributed by atoms with Crippen molar-refractivity contribution in [1.29, 1.82) is 0 Å². The minimum absolute atomic E-state index is 0.194. The molecule has 1 heterocycles. The maximum absolute atomic E-state index is 13.1. The van der Waals surface area contributed by atoms with Crippen molar-refractivity contribution in [3.8, 4) is 0 Å². The van der Waals surface area contributed by atoms with Crippen LogP contribution in [0.15, 0.2) is 109 Å². The highest BCUT2D eigenvalue weighted by Crippen LogP contribution is 2.23. The molecule has 9 nitrogen and oxygen atoms in total. The Kier molecular flexibility index (Phi) is 60.0. The predicted molar refractivity (Wildman–Crippen MR) is 364 cm³/mol. The van der Waals surface area contributed by atoms with Gasteiger partial charge in [-0.15, -0.1) is 0 Å². The van der Waals surface area contributed by atoms with Crippen LogP contribution in [0.3, 0.4) is 0 Å². The van der Waals surface area contributed by atoms with Gasteiger partial charge in [-0.3, -0.25) is 4.79 Å². The van der Waals surface area contributed by atoms with Crippen LogP contribution < -0.4 is 5.32 Å². The van der Waals surface area contributed by atoms with E-state index in [9.17, 15) is 30.3 Å². The molecule has 9 heteroatoms. The van der Waals surface area contributed by atoms with Crippen LogP contribution in [0, 0.1) is 0 Å². The summed E-state index contributed by atoms with van der Waals surface area (Å²) in [6.45, 7) is 3.67. The number of rotatable bonds is 61. The molecule has 1 aliphatic rings. The van der Waals surface area contributed by atoms with Gasteiger partial charge in [-0.2, -0.15) is 0 Å². The maximum atomic E-state index is 13.1. The van der Waals surface area contributed by atoms with Crippen molar-refractivity contribution in [2.75, 3.05) is 13.2 Å². The van der Waals surface area contributed by atoms with Crippen LogP contribution in [0.5, 0.6) is 0 Å². The molecule has 7 unspecified atom stereocenters. The van der Waals surface area contributed by atoms with Crippen LogP contribution >= 0.6 is 0 Å².